The summed E-state index contributed by atoms with van der Waals surface area (Å²) in [6.45, 7) is 2.90. The molecule has 1 atom stereocenters. The summed E-state index contributed by atoms with van der Waals surface area (Å²) in [6, 6.07) is 22.2. The molecule has 2 aromatic carbocycles. The van der Waals surface area contributed by atoms with Gasteiger partial charge in [0.15, 0.2) is 19.5 Å². The van der Waals surface area contributed by atoms with E-state index in [1.807, 2.05) is 89.8 Å². The zero-order valence-corrected chi connectivity index (χ0v) is 14.5. The highest BCUT2D eigenvalue weighted by Gasteiger charge is 2.36. The predicted molar refractivity (Wildman–Crippen MR) is 97.0 cm³/mol. The van der Waals surface area contributed by atoms with Crippen LogP contribution in [0.5, 0.6) is 0 Å². The van der Waals surface area contributed by atoms with Crippen molar-refractivity contribution in [1.82, 2.24) is 0 Å². The van der Waals surface area contributed by atoms with Crippen molar-refractivity contribution in [3.63, 3.8) is 0 Å². The van der Waals surface area contributed by atoms with Crippen LogP contribution in [0.4, 0.5) is 0 Å². The number of aliphatic hydroxyl groups is 1. The van der Waals surface area contributed by atoms with Crippen LogP contribution in [0.2, 0.25) is 0 Å². The van der Waals surface area contributed by atoms with E-state index >= 15 is 0 Å². The highest BCUT2D eigenvalue weighted by atomic mass is 31.2. The van der Waals surface area contributed by atoms with Gasteiger partial charge < -0.3 is 9.67 Å². The van der Waals surface area contributed by atoms with Crippen LogP contribution in [0.3, 0.4) is 0 Å². The third-order valence-corrected chi connectivity index (χ3v) is 7.32. The normalized spacial score (nSPS) is 12.8. The Morgan fingerprint density at radius 1 is 0.875 bits per heavy atom. The van der Waals surface area contributed by atoms with Gasteiger partial charge in [0, 0.05) is 28.3 Å². The Morgan fingerprint density at radius 2 is 1.33 bits per heavy atom. The molecule has 3 nitrogen and oxygen atoms in total. The van der Waals surface area contributed by atoms with Crippen molar-refractivity contribution in [2.24, 2.45) is 0 Å². The topological polar surface area (TPSA) is 41.2 Å². The number of benzene rings is 2. The molecule has 1 heterocycles. The molecule has 1 aromatic heterocycles. The number of hydrogen-bond donors (Lipinski definition) is 1. The summed E-state index contributed by atoms with van der Waals surface area (Å²) in [6.07, 6.45) is 3.80. The van der Waals surface area contributed by atoms with E-state index < -0.39 is 13.0 Å². The number of aliphatic hydroxyl groups excluding tert-OH is 1. The van der Waals surface area contributed by atoms with Crippen LogP contribution in [0, 0.1) is 0 Å². The lowest BCUT2D eigenvalue weighted by Gasteiger charge is -2.24. The minimum Gasteiger partial charge on any atom is -0.380 e. The Kier molecular flexibility index (Phi) is 4.94. The molecule has 0 spiro atoms. The molecule has 122 valence electrons. The second-order valence-electron chi connectivity index (χ2n) is 5.66. The van der Waals surface area contributed by atoms with Gasteiger partial charge >= 0.3 is 0 Å². The second-order valence-corrected chi connectivity index (χ2v) is 8.50. The summed E-state index contributed by atoms with van der Waals surface area (Å²) >= 11 is 0. The summed E-state index contributed by atoms with van der Waals surface area (Å²) in [5.41, 5.74) is 0.663. The van der Waals surface area contributed by atoms with E-state index in [0.717, 1.165) is 6.54 Å². The fourth-order valence-electron chi connectivity index (χ4n) is 2.79. The molecular weight excluding hydrogens is 317 g/mol. The summed E-state index contributed by atoms with van der Waals surface area (Å²) in [7, 11) is -3.21. The minimum absolute atomic E-state index is 0.663. The third-order valence-electron chi connectivity index (χ3n) is 4.20. The predicted octanol–water partition coefficient (Wildman–Crippen LogP) is 3.00. The van der Waals surface area contributed by atoms with Crippen LogP contribution in [0.15, 0.2) is 85.2 Å². The SMILES string of the molecule is CC[n+]1ccc(C(O)P(=O)(c2ccccc2)c2ccccc2)cc1. The number of hydrogen-bond acceptors (Lipinski definition) is 2. The van der Waals surface area contributed by atoms with E-state index in [1.165, 1.54) is 0 Å². The van der Waals surface area contributed by atoms with E-state index in [0.29, 0.717) is 16.2 Å². The van der Waals surface area contributed by atoms with Crippen LogP contribution >= 0.6 is 7.14 Å². The van der Waals surface area contributed by atoms with Crippen molar-refractivity contribution >= 4 is 17.8 Å². The lowest BCUT2D eigenvalue weighted by molar-refractivity contribution is -0.693. The third kappa shape index (κ3) is 3.06. The molecule has 0 radical (unpaired) electrons. The van der Waals surface area contributed by atoms with Gasteiger partial charge in [0.25, 0.3) is 0 Å². The smallest absolute Gasteiger partial charge is 0.174 e. The number of rotatable bonds is 5. The molecule has 0 amide bonds. The monoisotopic (exact) mass is 338 g/mol. The molecule has 0 bridgehead atoms. The Balaban J connectivity index is 2.12. The van der Waals surface area contributed by atoms with Crippen LogP contribution < -0.4 is 15.2 Å². The van der Waals surface area contributed by atoms with Crippen LogP contribution in [0.1, 0.15) is 18.3 Å². The van der Waals surface area contributed by atoms with Crippen molar-refractivity contribution in [2.45, 2.75) is 19.3 Å². The van der Waals surface area contributed by atoms with Crippen molar-refractivity contribution in [3.05, 3.63) is 90.8 Å². The van der Waals surface area contributed by atoms with Gasteiger partial charge in [-0.25, -0.2) is 4.57 Å². The maximum absolute atomic E-state index is 14.0. The van der Waals surface area contributed by atoms with E-state index in [-0.39, 0.29) is 0 Å². The first kappa shape index (κ1) is 16.6. The highest BCUT2D eigenvalue weighted by Crippen LogP contribution is 2.55. The molecule has 3 aromatic rings. The van der Waals surface area contributed by atoms with Crippen molar-refractivity contribution in [3.8, 4) is 0 Å². The Hall–Kier alpha value is -2.22. The second kappa shape index (κ2) is 7.12. The Labute approximate surface area is 142 Å². The summed E-state index contributed by atoms with van der Waals surface area (Å²) in [5.74, 6) is -1.08. The standard InChI is InChI=1S/C20H21NO2P/c1-2-21-15-13-17(14-16-21)20(22)24(23,18-9-5-3-6-10-18)19-11-7-4-8-12-19/h3-16,20,22H,2H2,1H3/q+1. The van der Waals surface area contributed by atoms with Gasteiger partial charge in [-0.2, -0.15) is 0 Å². The number of nitrogens with zero attached hydrogens (tertiary/aromatic N) is 1. The van der Waals surface area contributed by atoms with E-state index in [9.17, 15) is 9.67 Å². The first-order chi connectivity index (χ1) is 11.7. The Morgan fingerprint density at radius 3 is 1.75 bits per heavy atom. The lowest BCUT2D eigenvalue weighted by atomic mass is 10.3. The quantitative estimate of drug-likeness (QED) is 0.574. The van der Waals surface area contributed by atoms with Crippen molar-refractivity contribution in [1.29, 1.82) is 0 Å². The van der Waals surface area contributed by atoms with E-state index in [4.69, 9.17) is 0 Å². The van der Waals surface area contributed by atoms with Crippen LogP contribution in [0.25, 0.3) is 0 Å². The van der Waals surface area contributed by atoms with Gasteiger partial charge in [0.1, 0.15) is 12.4 Å². The molecule has 0 aliphatic rings. The van der Waals surface area contributed by atoms with Gasteiger partial charge in [-0.3, -0.25) is 0 Å². The molecule has 0 saturated carbocycles. The van der Waals surface area contributed by atoms with Gasteiger partial charge in [-0.05, 0) is 6.92 Å². The molecule has 0 fully saturated rings. The molecule has 0 aliphatic carbocycles. The maximum atomic E-state index is 14.0. The molecule has 0 saturated heterocycles. The van der Waals surface area contributed by atoms with Crippen molar-refractivity contribution < 1.29 is 14.2 Å². The van der Waals surface area contributed by atoms with Crippen LogP contribution in [-0.2, 0) is 11.1 Å². The number of aromatic nitrogens is 1. The summed E-state index contributed by atoms with van der Waals surface area (Å²) < 4.78 is 16.0. The zero-order chi connectivity index (χ0) is 17.0. The largest absolute Gasteiger partial charge is 0.380 e. The fourth-order valence-corrected chi connectivity index (χ4v) is 5.48. The lowest BCUT2D eigenvalue weighted by Crippen LogP contribution is -2.31. The summed E-state index contributed by atoms with van der Waals surface area (Å²) in [4.78, 5) is 0. The zero-order valence-electron chi connectivity index (χ0n) is 13.6. The summed E-state index contributed by atoms with van der Waals surface area (Å²) in [5, 5.41) is 12.4. The molecule has 4 heteroatoms. The van der Waals surface area contributed by atoms with Gasteiger partial charge in [-0.1, -0.05) is 60.7 Å². The van der Waals surface area contributed by atoms with E-state index in [1.54, 1.807) is 0 Å². The average Bonchev–Trinajstić information content (AvgIpc) is 2.68. The van der Waals surface area contributed by atoms with Gasteiger partial charge in [-0.15, -0.1) is 0 Å². The number of aryl methyl sites for hydroxylation is 1. The first-order valence-corrected chi connectivity index (χ1v) is 9.82. The molecule has 3 rings (SSSR count). The molecule has 24 heavy (non-hydrogen) atoms. The van der Waals surface area contributed by atoms with Crippen molar-refractivity contribution in [2.75, 3.05) is 0 Å². The minimum atomic E-state index is -3.21. The van der Waals surface area contributed by atoms with E-state index in [2.05, 4.69) is 6.92 Å². The molecule has 1 unspecified atom stereocenters. The Bertz CT molecular complexity index is 789. The molecule has 1 N–H and O–H groups in total. The molecule has 0 aliphatic heterocycles. The number of pyridine rings is 1. The fraction of sp³-hybridized carbons (Fsp3) is 0.150. The maximum Gasteiger partial charge on any atom is 0.174 e. The van der Waals surface area contributed by atoms with Gasteiger partial charge in [0.2, 0.25) is 0 Å². The van der Waals surface area contributed by atoms with Gasteiger partial charge in [0.05, 0.1) is 0 Å². The highest BCUT2D eigenvalue weighted by molar-refractivity contribution is 7.78. The first-order valence-electron chi connectivity index (χ1n) is 8.04. The van der Waals surface area contributed by atoms with Crippen LogP contribution in [-0.4, -0.2) is 5.11 Å². The molecular formula is C20H21NO2P+. The average molecular weight is 338 g/mol.